The second-order valence-corrected chi connectivity index (χ2v) is 5.00. The van der Waals surface area contributed by atoms with Crippen molar-refractivity contribution in [1.29, 1.82) is 0 Å². The molecule has 15 heavy (non-hydrogen) atoms. The van der Waals surface area contributed by atoms with Crippen molar-refractivity contribution in [1.82, 2.24) is 4.57 Å². The molecule has 2 heterocycles. The topological polar surface area (TPSA) is 22.0 Å². The number of nitrogens with zero attached hydrogens (tertiary/aromatic N) is 1. The van der Waals surface area contributed by atoms with Crippen molar-refractivity contribution in [2.45, 2.75) is 13.0 Å². The minimum Gasteiger partial charge on any atom is -0.345 e. The van der Waals surface area contributed by atoms with Crippen LogP contribution in [0.1, 0.15) is 15.4 Å². The lowest BCUT2D eigenvalue weighted by Crippen LogP contribution is -2.02. The van der Waals surface area contributed by atoms with Crippen molar-refractivity contribution in [3.63, 3.8) is 0 Å². The van der Waals surface area contributed by atoms with E-state index in [-0.39, 0.29) is 0 Å². The number of thiophene rings is 1. The lowest BCUT2D eigenvalue weighted by molar-refractivity contribution is 0.111. The Kier molecular flexibility index (Phi) is 3.23. The van der Waals surface area contributed by atoms with Gasteiger partial charge in [-0.05, 0) is 30.7 Å². The summed E-state index contributed by atoms with van der Waals surface area (Å²) in [6.45, 7) is 0.817. The number of rotatable bonds is 4. The van der Waals surface area contributed by atoms with Gasteiger partial charge in [0.2, 0.25) is 0 Å². The largest absolute Gasteiger partial charge is 0.345 e. The fourth-order valence-electron chi connectivity index (χ4n) is 1.45. The highest BCUT2D eigenvalue weighted by molar-refractivity contribution is 7.16. The zero-order valence-corrected chi connectivity index (χ0v) is 9.59. The van der Waals surface area contributed by atoms with E-state index < -0.39 is 0 Å². The predicted octanol–water partition coefficient (Wildman–Crippen LogP) is 3.26. The number of aromatic nitrogens is 1. The summed E-state index contributed by atoms with van der Waals surface area (Å²) in [5.41, 5.74) is 0.720. The van der Waals surface area contributed by atoms with Gasteiger partial charge in [-0.15, -0.1) is 11.3 Å². The molecular weight excluding hydrogens is 230 g/mol. The Morgan fingerprint density at radius 1 is 1.40 bits per heavy atom. The van der Waals surface area contributed by atoms with Crippen molar-refractivity contribution < 1.29 is 4.79 Å². The van der Waals surface area contributed by atoms with Gasteiger partial charge in [0.25, 0.3) is 0 Å². The van der Waals surface area contributed by atoms with E-state index in [2.05, 4.69) is 0 Å². The molecule has 78 valence electrons. The summed E-state index contributed by atoms with van der Waals surface area (Å²) in [5, 5.41) is 0. The number of aldehydes is 1. The molecule has 0 radical (unpaired) electrons. The molecule has 0 N–H and O–H groups in total. The molecule has 0 aliphatic heterocycles. The number of aryl methyl sites for hydroxylation is 2. The Hall–Kier alpha value is -1.06. The third-order valence-corrected chi connectivity index (χ3v) is 3.50. The van der Waals surface area contributed by atoms with E-state index in [4.69, 9.17) is 11.6 Å². The van der Waals surface area contributed by atoms with E-state index in [1.54, 1.807) is 11.3 Å². The van der Waals surface area contributed by atoms with Gasteiger partial charge in [-0.3, -0.25) is 4.79 Å². The fraction of sp³-hybridized carbons (Fsp3) is 0.182. The van der Waals surface area contributed by atoms with Gasteiger partial charge in [-0.25, -0.2) is 0 Å². The number of carbonyl (C=O) groups is 1. The zero-order chi connectivity index (χ0) is 10.7. The van der Waals surface area contributed by atoms with Gasteiger partial charge in [0.1, 0.15) is 0 Å². The monoisotopic (exact) mass is 239 g/mol. The molecule has 0 saturated heterocycles. The molecule has 0 amide bonds. The SMILES string of the molecule is O=Cc1cccn1CCc1ccc(Cl)s1. The molecule has 0 atom stereocenters. The third kappa shape index (κ3) is 2.49. The first-order valence-corrected chi connectivity index (χ1v) is 5.83. The van der Waals surface area contributed by atoms with Crippen LogP contribution in [0.5, 0.6) is 0 Å². The maximum Gasteiger partial charge on any atom is 0.166 e. The van der Waals surface area contributed by atoms with Crippen LogP contribution in [0.3, 0.4) is 0 Å². The summed E-state index contributed by atoms with van der Waals surface area (Å²) < 4.78 is 2.76. The van der Waals surface area contributed by atoms with Crippen molar-refractivity contribution in [3.05, 3.63) is 45.4 Å². The van der Waals surface area contributed by atoms with Gasteiger partial charge in [-0.2, -0.15) is 0 Å². The van der Waals surface area contributed by atoms with Gasteiger partial charge in [0, 0.05) is 17.6 Å². The summed E-state index contributed by atoms with van der Waals surface area (Å²) in [6, 6.07) is 7.62. The first kappa shape index (κ1) is 10.5. The van der Waals surface area contributed by atoms with Crippen LogP contribution in [-0.4, -0.2) is 10.9 Å². The summed E-state index contributed by atoms with van der Waals surface area (Å²) >= 11 is 7.42. The molecule has 0 aliphatic carbocycles. The van der Waals surface area contributed by atoms with E-state index in [1.807, 2.05) is 35.0 Å². The Morgan fingerprint density at radius 2 is 2.27 bits per heavy atom. The average molecular weight is 240 g/mol. The quantitative estimate of drug-likeness (QED) is 0.751. The van der Waals surface area contributed by atoms with Crippen LogP contribution >= 0.6 is 22.9 Å². The van der Waals surface area contributed by atoms with E-state index in [1.165, 1.54) is 4.88 Å². The average Bonchev–Trinajstić information content (AvgIpc) is 2.83. The number of hydrogen-bond donors (Lipinski definition) is 0. The van der Waals surface area contributed by atoms with Crippen LogP contribution in [0.15, 0.2) is 30.5 Å². The highest BCUT2D eigenvalue weighted by Gasteiger charge is 2.01. The van der Waals surface area contributed by atoms with Crippen molar-refractivity contribution in [2.75, 3.05) is 0 Å². The third-order valence-electron chi connectivity index (χ3n) is 2.21. The predicted molar refractivity (Wildman–Crippen MR) is 62.9 cm³/mol. The van der Waals surface area contributed by atoms with Gasteiger partial charge in [0.15, 0.2) is 6.29 Å². The highest BCUT2D eigenvalue weighted by Crippen LogP contribution is 2.22. The van der Waals surface area contributed by atoms with Gasteiger partial charge in [-0.1, -0.05) is 11.6 Å². The molecular formula is C11H10ClNOS. The molecule has 0 saturated carbocycles. The molecule has 2 aromatic heterocycles. The molecule has 0 unspecified atom stereocenters. The Labute approximate surface area is 97.1 Å². The summed E-state index contributed by atoms with van der Waals surface area (Å²) in [7, 11) is 0. The number of carbonyl (C=O) groups excluding carboxylic acids is 1. The van der Waals surface area contributed by atoms with E-state index in [9.17, 15) is 4.79 Å². The second kappa shape index (κ2) is 4.64. The second-order valence-electron chi connectivity index (χ2n) is 3.20. The van der Waals surface area contributed by atoms with Crippen LogP contribution in [0.4, 0.5) is 0 Å². The van der Waals surface area contributed by atoms with Crippen LogP contribution in [-0.2, 0) is 13.0 Å². The number of hydrogen-bond acceptors (Lipinski definition) is 2. The molecule has 0 aliphatic rings. The molecule has 2 nitrogen and oxygen atoms in total. The lowest BCUT2D eigenvalue weighted by atomic mass is 10.3. The van der Waals surface area contributed by atoms with Crippen molar-refractivity contribution >= 4 is 29.2 Å². The van der Waals surface area contributed by atoms with Crippen LogP contribution < -0.4 is 0 Å². The molecule has 0 aromatic carbocycles. The summed E-state index contributed by atoms with van der Waals surface area (Å²) in [4.78, 5) is 11.9. The van der Waals surface area contributed by atoms with Gasteiger partial charge >= 0.3 is 0 Å². The zero-order valence-electron chi connectivity index (χ0n) is 8.02. The summed E-state index contributed by atoms with van der Waals surface area (Å²) in [5.74, 6) is 0. The van der Waals surface area contributed by atoms with E-state index in [0.717, 1.165) is 29.3 Å². The maximum atomic E-state index is 10.7. The van der Waals surface area contributed by atoms with E-state index in [0.29, 0.717) is 0 Å². The maximum absolute atomic E-state index is 10.7. The molecule has 2 aromatic rings. The van der Waals surface area contributed by atoms with Gasteiger partial charge < -0.3 is 4.57 Å². The van der Waals surface area contributed by atoms with Crippen LogP contribution in [0.25, 0.3) is 0 Å². The Balaban J connectivity index is 2.01. The normalized spacial score (nSPS) is 10.5. The molecule has 2 rings (SSSR count). The van der Waals surface area contributed by atoms with Crippen molar-refractivity contribution in [2.24, 2.45) is 0 Å². The minimum absolute atomic E-state index is 0.720. The van der Waals surface area contributed by atoms with Gasteiger partial charge in [0.05, 0.1) is 10.0 Å². The van der Waals surface area contributed by atoms with Crippen LogP contribution in [0, 0.1) is 0 Å². The lowest BCUT2D eigenvalue weighted by Gasteiger charge is -2.03. The smallest absolute Gasteiger partial charge is 0.166 e. The number of halogens is 1. The minimum atomic E-state index is 0.720. The molecule has 0 spiro atoms. The molecule has 0 fully saturated rings. The molecule has 0 bridgehead atoms. The summed E-state index contributed by atoms with van der Waals surface area (Å²) in [6.07, 6.45) is 3.70. The van der Waals surface area contributed by atoms with Crippen molar-refractivity contribution in [3.8, 4) is 0 Å². The highest BCUT2D eigenvalue weighted by atomic mass is 35.5. The first-order chi connectivity index (χ1) is 7.29. The Bertz CT molecular complexity index is 461. The van der Waals surface area contributed by atoms with E-state index >= 15 is 0 Å². The molecule has 4 heteroatoms. The Morgan fingerprint density at radius 3 is 2.93 bits per heavy atom. The fourth-order valence-corrected chi connectivity index (χ4v) is 2.53. The standard InChI is InChI=1S/C11H10ClNOS/c12-11-4-3-10(15-11)5-7-13-6-1-2-9(13)8-14/h1-4,6,8H,5,7H2. The van der Waals surface area contributed by atoms with Crippen LogP contribution in [0.2, 0.25) is 4.34 Å². The first-order valence-electron chi connectivity index (χ1n) is 4.64.